The fraction of sp³-hybridized carbons (Fsp3) is 0.385. The van der Waals surface area contributed by atoms with Crippen LogP contribution in [0.4, 0.5) is 0 Å². The number of hydrogen-bond acceptors (Lipinski definition) is 2. The summed E-state index contributed by atoms with van der Waals surface area (Å²) in [6, 6.07) is 3.77. The fourth-order valence-corrected chi connectivity index (χ4v) is 2.80. The monoisotopic (exact) mass is 301 g/mol. The second kappa shape index (κ2) is 5.80. The van der Waals surface area contributed by atoms with E-state index in [9.17, 15) is 9.59 Å². The molecule has 0 aromatic heterocycles. The van der Waals surface area contributed by atoms with Gasteiger partial charge in [-0.3, -0.25) is 4.79 Å². The van der Waals surface area contributed by atoms with Gasteiger partial charge in [-0.2, -0.15) is 0 Å². The summed E-state index contributed by atoms with van der Waals surface area (Å²) in [5.41, 5.74) is 0.325. The van der Waals surface area contributed by atoms with Gasteiger partial charge in [-0.25, -0.2) is 4.79 Å². The minimum absolute atomic E-state index is 0.325. The normalized spacial score (nSPS) is 19.3. The van der Waals surface area contributed by atoms with Crippen LogP contribution in [0.1, 0.15) is 29.6 Å². The molecule has 102 valence electrons. The number of aliphatic carboxylic acids is 1. The number of piperidine rings is 1. The van der Waals surface area contributed by atoms with Crippen molar-refractivity contribution in [2.45, 2.75) is 25.3 Å². The van der Waals surface area contributed by atoms with Crippen molar-refractivity contribution in [3.05, 3.63) is 33.8 Å². The van der Waals surface area contributed by atoms with Crippen LogP contribution in [0, 0.1) is 0 Å². The minimum atomic E-state index is -0.971. The molecule has 1 saturated heterocycles. The standard InChI is InChI=1S/C13H13Cl2NO3/c14-9-5-8(6-10(15)7-9)12(17)16-4-2-1-3-11(16)13(18)19/h5-7,11H,1-4H2,(H,18,19). The third-order valence-electron chi connectivity index (χ3n) is 3.16. The second-order valence-electron chi connectivity index (χ2n) is 4.51. The molecule has 1 atom stereocenters. The lowest BCUT2D eigenvalue weighted by Gasteiger charge is -2.33. The number of amides is 1. The number of carbonyl (C=O) groups excluding carboxylic acids is 1. The Morgan fingerprint density at radius 2 is 1.79 bits per heavy atom. The molecule has 0 saturated carbocycles. The lowest BCUT2D eigenvalue weighted by molar-refractivity contribution is -0.143. The molecule has 1 fully saturated rings. The van der Waals surface area contributed by atoms with Crippen LogP contribution in [0.3, 0.4) is 0 Å². The Morgan fingerprint density at radius 1 is 1.16 bits per heavy atom. The van der Waals surface area contributed by atoms with Crippen LogP contribution in [-0.4, -0.2) is 34.5 Å². The number of likely N-dealkylation sites (tertiary alicyclic amines) is 1. The lowest BCUT2D eigenvalue weighted by Crippen LogP contribution is -2.47. The number of carboxylic acids is 1. The maximum absolute atomic E-state index is 12.4. The molecule has 4 nitrogen and oxygen atoms in total. The molecule has 1 N–H and O–H groups in total. The average Bonchev–Trinajstić information content (AvgIpc) is 2.36. The largest absolute Gasteiger partial charge is 0.480 e. The van der Waals surface area contributed by atoms with E-state index in [-0.39, 0.29) is 5.91 Å². The van der Waals surface area contributed by atoms with Gasteiger partial charge in [0.2, 0.25) is 0 Å². The molecule has 0 bridgehead atoms. The number of hydrogen-bond donors (Lipinski definition) is 1. The summed E-state index contributed by atoms with van der Waals surface area (Å²) in [5, 5.41) is 9.89. The quantitative estimate of drug-likeness (QED) is 0.913. The van der Waals surface area contributed by atoms with E-state index in [4.69, 9.17) is 28.3 Å². The summed E-state index contributed by atoms with van der Waals surface area (Å²) in [4.78, 5) is 24.9. The third-order valence-corrected chi connectivity index (χ3v) is 3.59. The van der Waals surface area contributed by atoms with Gasteiger partial charge < -0.3 is 10.0 Å². The topological polar surface area (TPSA) is 57.6 Å². The Hall–Kier alpha value is -1.26. The van der Waals surface area contributed by atoms with Crippen LogP contribution in [0.5, 0.6) is 0 Å². The van der Waals surface area contributed by atoms with E-state index in [1.54, 1.807) is 0 Å². The highest BCUT2D eigenvalue weighted by atomic mass is 35.5. The molecule has 19 heavy (non-hydrogen) atoms. The summed E-state index contributed by atoms with van der Waals surface area (Å²) in [6.07, 6.45) is 2.11. The van der Waals surface area contributed by atoms with Crippen molar-refractivity contribution in [3.8, 4) is 0 Å². The van der Waals surface area contributed by atoms with Crippen molar-refractivity contribution >= 4 is 35.1 Å². The SMILES string of the molecule is O=C(O)C1CCCCN1C(=O)c1cc(Cl)cc(Cl)c1. The smallest absolute Gasteiger partial charge is 0.326 e. The molecular formula is C13H13Cl2NO3. The molecule has 0 aliphatic carbocycles. The van der Waals surface area contributed by atoms with Gasteiger partial charge in [0.25, 0.3) is 5.91 Å². The number of halogens is 2. The summed E-state index contributed by atoms with van der Waals surface area (Å²) in [5.74, 6) is -1.31. The van der Waals surface area contributed by atoms with E-state index in [0.29, 0.717) is 28.6 Å². The summed E-state index contributed by atoms with van der Waals surface area (Å²) in [7, 11) is 0. The maximum atomic E-state index is 12.4. The Bertz CT molecular complexity index is 498. The molecule has 0 spiro atoms. The highest BCUT2D eigenvalue weighted by Crippen LogP contribution is 2.24. The van der Waals surface area contributed by atoms with Crippen LogP contribution in [0.15, 0.2) is 18.2 Å². The van der Waals surface area contributed by atoms with Crippen LogP contribution < -0.4 is 0 Å². The van der Waals surface area contributed by atoms with E-state index < -0.39 is 12.0 Å². The van der Waals surface area contributed by atoms with Crippen LogP contribution in [0.25, 0.3) is 0 Å². The van der Waals surface area contributed by atoms with Gasteiger partial charge in [-0.1, -0.05) is 23.2 Å². The molecule has 1 aliphatic rings. The van der Waals surface area contributed by atoms with Gasteiger partial charge in [0.15, 0.2) is 0 Å². The highest BCUT2D eigenvalue weighted by Gasteiger charge is 2.32. The van der Waals surface area contributed by atoms with Gasteiger partial charge in [-0.05, 0) is 37.5 Å². The Balaban J connectivity index is 2.28. The van der Waals surface area contributed by atoms with Gasteiger partial charge in [0.05, 0.1) is 0 Å². The average molecular weight is 302 g/mol. The van der Waals surface area contributed by atoms with E-state index in [1.165, 1.54) is 23.1 Å². The summed E-state index contributed by atoms with van der Waals surface area (Å²) < 4.78 is 0. The van der Waals surface area contributed by atoms with Gasteiger partial charge in [-0.15, -0.1) is 0 Å². The molecule has 1 aromatic rings. The van der Waals surface area contributed by atoms with Crippen molar-refractivity contribution in [3.63, 3.8) is 0 Å². The number of rotatable bonds is 2. The first kappa shape index (κ1) is 14.2. The molecule has 1 unspecified atom stereocenters. The van der Waals surface area contributed by atoms with E-state index in [0.717, 1.165) is 12.8 Å². The molecule has 1 amide bonds. The van der Waals surface area contributed by atoms with Gasteiger partial charge >= 0.3 is 5.97 Å². The first-order valence-electron chi connectivity index (χ1n) is 5.99. The molecule has 0 radical (unpaired) electrons. The van der Waals surface area contributed by atoms with Gasteiger partial charge in [0, 0.05) is 22.2 Å². The van der Waals surface area contributed by atoms with E-state index in [2.05, 4.69) is 0 Å². The highest BCUT2D eigenvalue weighted by molar-refractivity contribution is 6.35. The van der Waals surface area contributed by atoms with Gasteiger partial charge in [0.1, 0.15) is 6.04 Å². The first-order valence-corrected chi connectivity index (χ1v) is 6.74. The summed E-state index contributed by atoms with van der Waals surface area (Å²) in [6.45, 7) is 0.444. The molecule has 2 rings (SSSR count). The number of carboxylic acid groups (broad SMARTS) is 1. The zero-order valence-electron chi connectivity index (χ0n) is 10.1. The maximum Gasteiger partial charge on any atom is 0.326 e. The van der Waals surface area contributed by atoms with Crippen molar-refractivity contribution in [1.82, 2.24) is 4.90 Å². The van der Waals surface area contributed by atoms with Crippen LogP contribution >= 0.6 is 23.2 Å². The van der Waals surface area contributed by atoms with Crippen molar-refractivity contribution in [1.29, 1.82) is 0 Å². The van der Waals surface area contributed by atoms with E-state index in [1.807, 2.05) is 0 Å². The fourth-order valence-electron chi connectivity index (χ4n) is 2.27. The zero-order valence-corrected chi connectivity index (χ0v) is 11.6. The molecule has 1 aromatic carbocycles. The number of carbonyl (C=O) groups is 2. The predicted octanol–water partition coefficient (Wildman–Crippen LogP) is 3.07. The van der Waals surface area contributed by atoms with Crippen molar-refractivity contribution < 1.29 is 14.7 Å². The number of nitrogens with zero attached hydrogens (tertiary/aromatic N) is 1. The van der Waals surface area contributed by atoms with Crippen LogP contribution in [0.2, 0.25) is 10.0 Å². The minimum Gasteiger partial charge on any atom is -0.480 e. The predicted molar refractivity (Wildman–Crippen MR) is 72.8 cm³/mol. The summed E-state index contributed by atoms with van der Waals surface area (Å²) >= 11 is 11.7. The number of benzene rings is 1. The Labute approximate surface area is 120 Å². The zero-order chi connectivity index (χ0) is 14.0. The molecule has 1 aliphatic heterocycles. The van der Waals surface area contributed by atoms with E-state index >= 15 is 0 Å². The molecule has 6 heteroatoms. The Kier molecular flexibility index (Phi) is 4.32. The van der Waals surface area contributed by atoms with Crippen molar-refractivity contribution in [2.75, 3.05) is 6.54 Å². The Morgan fingerprint density at radius 3 is 2.37 bits per heavy atom. The second-order valence-corrected chi connectivity index (χ2v) is 5.38. The molecular weight excluding hydrogens is 289 g/mol. The molecule has 1 heterocycles. The van der Waals surface area contributed by atoms with Crippen molar-refractivity contribution in [2.24, 2.45) is 0 Å². The lowest BCUT2D eigenvalue weighted by atomic mass is 10.0. The third kappa shape index (κ3) is 3.19. The first-order chi connectivity index (χ1) is 8.99. The van der Waals surface area contributed by atoms with Crippen LogP contribution in [-0.2, 0) is 4.79 Å².